The van der Waals surface area contributed by atoms with Crippen LogP contribution in [0.2, 0.25) is 0 Å². The molecule has 0 bridgehead atoms. The second-order valence-electron chi connectivity index (χ2n) is 5.84. The fourth-order valence-electron chi connectivity index (χ4n) is 2.65. The maximum absolute atomic E-state index is 5.46. The van der Waals surface area contributed by atoms with Gasteiger partial charge in [-0.25, -0.2) is 15.8 Å². The van der Waals surface area contributed by atoms with Gasteiger partial charge in [0.05, 0.1) is 0 Å². The second kappa shape index (κ2) is 6.19. The zero-order valence-corrected chi connectivity index (χ0v) is 12.1. The van der Waals surface area contributed by atoms with E-state index in [1.54, 1.807) is 0 Å². The molecule has 0 aromatic carbocycles. The van der Waals surface area contributed by atoms with Crippen molar-refractivity contribution in [2.45, 2.75) is 46.0 Å². The van der Waals surface area contributed by atoms with Gasteiger partial charge in [-0.05, 0) is 18.3 Å². The number of anilines is 2. The van der Waals surface area contributed by atoms with E-state index in [9.17, 15) is 0 Å². The summed E-state index contributed by atoms with van der Waals surface area (Å²) in [4.78, 5) is 8.91. The molecule has 0 aliphatic heterocycles. The van der Waals surface area contributed by atoms with Gasteiger partial charge in [0, 0.05) is 18.5 Å². The van der Waals surface area contributed by atoms with E-state index in [2.05, 4.69) is 41.5 Å². The van der Waals surface area contributed by atoms with Crippen molar-refractivity contribution in [3.8, 4) is 0 Å². The molecule has 2 atom stereocenters. The van der Waals surface area contributed by atoms with Gasteiger partial charge in [-0.1, -0.05) is 33.6 Å². The zero-order valence-electron chi connectivity index (χ0n) is 12.1. The molecule has 106 valence electrons. The topological polar surface area (TPSA) is 75.9 Å². The summed E-state index contributed by atoms with van der Waals surface area (Å²) in [7, 11) is 0. The van der Waals surface area contributed by atoms with Gasteiger partial charge in [-0.3, -0.25) is 0 Å². The van der Waals surface area contributed by atoms with Gasteiger partial charge < -0.3 is 10.7 Å². The molecule has 1 aromatic heterocycles. The third-order valence-electron chi connectivity index (χ3n) is 3.99. The van der Waals surface area contributed by atoms with Crippen molar-refractivity contribution in [2.24, 2.45) is 17.7 Å². The van der Waals surface area contributed by atoms with Crippen LogP contribution in [0.15, 0.2) is 6.07 Å². The van der Waals surface area contributed by atoms with E-state index in [4.69, 9.17) is 5.84 Å². The summed E-state index contributed by atoms with van der Waals surface area (Å²) < 4.78 is 0. The van der Waals surface area contributed by atoms with E-state index in [1.165, 1.54) is 19.3 Å². The van der Waals surface area contributed by atoms with Gasteiger partial charge in [-0.15, -0.1) is 0 Å². The standard InChI is InChI=1S/C14H25N5/c1-9(2)14-17-12(7-13(18-14)19-15)16-8-11-6-4-5-10(11)3/h7,9-11H,4-6,8,15H2,1-3H3,(H2,16,17,18,19). The zero-order chi connectivity index (χ0) is 13.8. The first-order chi connectivity index (χ1) is 9.10. The summed E-state index contributed by atoms with van der Waals surface area (Å²) in [5.74, 6) is 9.67. The minimum absolute atomic E-state index is 0.291. The number of nitrogens with zero attached hydrogens (tertiary/aromatic N) is 2. The molecule has 1 aromatic rings. The molecule has 2 unspecified atom stereocenters. The first kappa shape index (κ1) is 14.1. The van der Waals surface area contributed by atoms with Gasteiger partial charge in [-0.2, -0.15) is 0 Å². The molecule has 0 spiro atoms. The van der Waals surface area contributed by atoms with E-state index in [-0.39, 0.29) is 0 Å². The van der Waals surface area contributed by atoms with E-state index in [1.807, 2.05) is 6.07 Å². The van der Waals surface area contributed by atoms with E-state index >= 15 is 0 Å². The Morgan fingerprint density at radius 3 is 2.63 bits per heavy atom. The largest absolute Gasteiger partial charge is 0.370 e. The molecule has 0 radical (unpaired) electrons. The lowest BCUT2D eigenvalue weighted by Gasteiger charge is -2.17. The van der Waals surface area contributed by atoms with E-state index < -0.39 is 0 Å². The molecular formula is C14H25N5. The first-order valence-corrected chi connectivity index (χ1v) is 7.19. The summed E-state index contributed by atoms with van der Waals surface area (Å²) in [6.07, 6.45) is 4.02. The first-order valence-electron chi connectivity index (χ1n) is 7.19. The molecule has 0 amide bonds. The number of nitrogens with two attached hydrogens (primary N) is 1. The van der Waals surface area contributed by atoms with Crippen molar-refractivity contribution in [2.75, 3.05) is 17.3 Å². The van der Waals surface area contributed by atoms with Crippen LogP contribution in [0.4, 0.5) is 11.6 Å². The Bertz CT molecular complexity index is 418. The summed E-state index contributed by atoms with van der Waals surface area (Å²) in [5, 5.41) is 3.44. The highest BCUT2D eigenvalue weighted by Gasteiger charge is 2.23. The Labute approximate surface area is 115 Å². The van der Waals surface area contributed by atoms with Crippen molar-refractivity contribution in [3.05, 3.63) is 11.9 Å². The average molecular weight is 263 g/mol. The molecule has 19 heavy (non-hydrogen) atoms. The molecule has 1 aliphatic carbocycles. The summed E-state index contributed by atoms with van der Waals surface area (Å²) in [6.45, 7) is 7.49. The van der Waals surface area contributed by atoms with Crippen LogP contribution >= 0.6 is 0 Å². The highest BCUT2D eigenvalue weighted by Crippen LogP contribution is 2.31. The predicted octanol–water partition coefficient (Wildman–Crippen LogP) is 2.73. The average Bonchev–Trinajstić information content (AvgIpc) is 2.81. The fourth-order valence-corrected chi connectivity index (χ4v) is 2.65. The molecule has 1 fully saturated rings. The number of nitrogen functional groups attached to an aromatic ring is 1. The van der Waals surface area contributed by atoms with Crippen LogP contribution in [-0.2, 0) is 0 Å². The lowest BCUT2D eigenvalue weighted by Crippen LogP contribution is -2.18. The molecule has 1 aliphatic rings. The predicted molar refractivity (Wildman–Crippen MR) is 78.9 cm³/mol. The van der Waals surface area contributed by atoms with Gasteiger partial charge in [0.25, 0.3) is 0 Å². The number of aromatic nitrogens is 2. The Balaban J connectivity index is 2.04. The van der Waals surface area contributed by atoms with Crippen molar-refractivity contribution in [1.82, 2.24) is 9.97 Å². The van der Waals surface area contributed by atoms with Gasteiger partial charge in [0.1, 0.15) is 17.5 Å². The molecular weight excluding hydrogens is 238 g/mol. The Morgan fingerprint density at radius 2 is 2.05 bits per heavy atom. The summed E-state index contributed by atoms with van der Waals surface area (Å²) >= 11 is 0. The molecule has 1 saturated carbocycles. The summed E-state index contributed by atoms with van der Waals surface area (Å²) in [5.41, 5.74) is 2.61. The van der Waals surface area contributed by atoms with E-state index in [0.29, 0.717) is 11.7 Å². The highest BCUT2D eigenvalue weighted by atomic mass is 15.3. The van der Waals surface area contributed by atoms with Crippen molar-refractivity contribution < 1.29 is 0 Å². The van der Waals surface area contributed by atoms with Crippen molar-refractivity contribution in [1.29, 1.82) is 0 Å². The molecule has 4 N–H and O–H groups in total. The highest BCUT2D eigenvalue weighted by molar-refractivity contribution is 5.47. The van der Waals surface area contributed by atoms with Crippen LogP contribution in [-0.4, -0.2) is 16.5 Å². The molecule has 5 heteroatoms. The monoisotopic (exact) mass is 263 g/mol. The number of hydrazine groups is 1. The lowest BCUT2D eigenvalue weighted by atomic mass is 9.98. The SMILES string of the molecule is CC(C)c1nc(NN)cc(NCC2CCCC2C)n1. The quantitative estimate of drug-likeness (QED) is 0.562. The maximum atomic E-state index is 5.46. The van der Waals surface area contributed by atoms with Crippen LogP contribution in [0.1, 0.15) is 51.8 Å². The van der Waals surface area contributed by atoms with Crippen LogP contribution < -0.4 is 16.6 Å². The summed E-state index contributed by atoms with van der Waals surface area (Å²) in [6, 6.07) is 1.87. The fraction of sp³-hybridized carbons (Fsp3) is 0.714. The Hall–Kier alpha value is -1.36. The van der Waals surface area contributed by atoms with Crippen LogP contribution in [0.3, 0.4) is 0 Å². The minimum atomic E-state index is 0.291. The van der Waals surface area contributed by atoms with E-state index in [0.717, 1.165) is 30.0 Å². The molecule has 1 heterocycles. The normalized spacial score (nSPS) is 22.8. The van der Waals surface area contributed by atoms with Crippen LogP contribution in [0.5, 0.6) is 0 Å². The number of hydrogen-bond donors (Lipinski definition) is 3. The Kier molecular flexibility index (Phi) is 4.58. The van der Waals surface area contributed by atoms with Crippen molar-refractivity contribution >= 4 is 11.6 Å². The smallest absolute Gasteiger partial charge is 0.145 e. The van der Waals surface area contributed by atoms with Gasteiger partial charge >= 0.3 is 0 Å². The second-order valence-corrected chi connectivity index (χ2v) is 5.84. The Morgan fingerprint density at radius 1 is 1.32 bits per heavy atom. The molecule has 2 rings (SSSR count). The molecule has 0 saturated heterocycles. The third-order valence-corrected chi connectivity index (χ3v) is 3.99. The van der Waals surface area contributed by atoms with Crippen LogP contribution in [0.25, 0.3) is 0 Å². The molecule has 5 nitrogen and oxygen atoms in total. The third kappa shape index (κ3) is 3.56. The van der Waals surface area contributed by atoms with Gasteiger partial charge in [0.15, 0.2) is 0 Å². The maximum Gasteiger partial charge on any atom is 0.145 e. The van der Waals surface area contributed by atoms with Crippen molar-refractivity contribution in [3.63, 3.8) is 0 Å². The van der Waals surface area contributed by atoms with Gasteiger partial charge in [0.2, 0.25) is 0 Å². The number of rotatable bonds is 5. The number of hydrogen-bond acceptors (Lipinski definition) is 5. The lowest BCUT2D eigenvalue weighted by molar-refractivity contribution is 0.439. The minimum Gasteiger partial charge on any atom is -0.370 e. The number of nitrogens with one attached hydrogen (secondary N) is 2. The van der Waals surface area contributed by atoms with Crippen LogP contribution in [0, 0.1) is 11.8 Å².